The van der Waals surface area contributed by atoms with Crippen molar-refractivity contribution in [2.45, 2.75) is 13.5 Å². The maximum Gasteiger partial charge on any atom is 0.328 e. The van der Waals surface area contributed by atoms with Crippen molar-refractivity contribution in [2.75, 3.05) is 5.43 Å². The Hall–Kier alpha value is -2.70. The zero-order valence-corrected chi connectivity index (χ0v) is 10.3. The molecule has 0 spiro atoms. The lowest BCUT2D eigenvalue weighted by Crippen LogP contribution is -2.38. The van der Waals surface area contributed by atoms with Crippen molar-refractivity contribution in [1.82, 2.24) is 20.2 Å². The fourth-order valence-corrected chi connectivity index (χ4v) is 1.40. The third-order valence-corrected chi connectivity index (χ3v) is 2.43. The standard InChI is InChI=1S/C12H13N5O2/c1-9-2-4-10(5-3-9)6-13-11(18)12(19)16-17-7-14-15-8-17/h2-5,7-8H,6H2,1H3,(H,13,18)(H,16,19). The number of nitrogens with zero attached hydrogens (tertiary/aromatic N) is 3. The summed E-state index contributed by atoms with van der Waals surface area (Å²) in [4.78, 5) is 23.0. The molecule has 0 aliphatic heterocycles. The van der Waals surface area contributed by atoms with E-state index in [9.17, 15) is 9.59 Å². The summed E-state index contributed by atoms with van der Waals surface area (Å²) in [5.74, 6) is -1.49. The van der Waals surface area contributed by atoms with Crippen LogP contribution >= 0.6 is 0 Å². The Morgan fingerprint density at radius 1 is 1.11 bits per heavy atom. The number of hydrogen-bond donors (Lipinski definition) is 2. The average Bonchev–Trinajstić information content (AvgIpc) is 2.90. The Morgan fingerprint density at radius 3 is 2.37 bits per heavy atom. The van der Waals surface area contributed by atoms with Gasteiger partial charge >= 0.3 is 11.8 Å². The average molecular weight is 259 g/mol. The molecule has 2 rings (SSSR count). The first-order chi connectivity index (χ1) is 9.15. The molecule has 0 radical (unpaired) electrons. The van der Waals surface area contributed by atoms with E-state index in [4.69, 9.17) is 0 Å². The zero-order chi connectivity index (χ0) is 13.7. The second-order valence-corrected chi connectivity index (χ2v) is 3.98. The zero-order valence-electron chi connectivity index (χ0n) is 10.3. The Labute approximate surface area is 109 Å². The summed E-state index contributed by atoms with van der Waals surface area (Å²) < 4.78 is 1.20. The lowest BCUT2D eigenvalue weighted by atomic mass is 10.1. The van der Waals surface area contributed by atoms with Gasteiger partial charge in [0, 0.05) is 6.54 Å². The van der Waals surface area contributed by atoms with Crippen molar-refractivity contribution in [3.63, 3.8) is 0 Å². The van der Waals surface area contributed by atoms with Gasteiger partial charge in [0.2, 0.25) is 0 Å². The van der Waals surface area contributed by atoms with Crippen LogP contribution < -0.4 is 10.7 Å². The number of aromatic nitrogens is 3. The van der Waals surface area contributed by atoms with Gasteiger partial charge in [-0.25, -0.2) is 4.68 Å². The molecule has 2 N–H and O–H groups in total. The lowest BCUT2D eigenvalue weighted by molar-refractivity contribution is -0.136. The van der Waals surface area contributed by atoms with Gasteiger partial charge in [-0.05, 0) is 12.5 Å². The summed E-state index contributed by atoms with van der Waals surface area (Å²) >= 11 is 0. The molecule has 0 saturated carbocycles. The molecule has 1 aromatic carbocycles. The summed E-state index contributed by atoms with van der Waals surface area (Å²) in [5.41, 5.74) is 4.37. The Balaban J connectivity index is 1.84. The molecular weight excluding hydrogens is 246 g/mol. The molecule has 1 aromatic heterocycles. The first-order valence-corrected chi connectivity index (χ1v) is 5.64. The second-order valence-electron chi connectivity index (χ2n) is 3.98. The van der Waals surface area contributed by atoms with E-state index in [1.165, 1.54) is 17.3 Å². The maximum absolute atomic E-state index is 11.5. The number of rotatable bonds is 3. The third kappa shape index (κ3) is 3.63. The SMILES string of the molecule is Cc1ccc(CNC(=O)C(=O)Nn2cnnc2)cc1. The van der Waals surface area contributed by atoms with Crippen LogP contribution in [0.15, 0.2) is 36.9 Å². The minimum absolute atomic E-state index is 0.300. The van der Waals surface area contributed by atoms with Crippen LogP contribution in [0.2, 0.25) is 0 Å². The molecule has 0 saturated heterocycles. The second kappa shape index (κ2) is 5.76. The molecule has 2 aromatic rings. The van der Waals surface area contributed by atoms with E-state index in [0.29, 0.717) is 6.54 Å². The van der Waals surface area contributed by atoms with Gasteiger partial charge in [0.1, 0.15) is 12.7 Å². The molecule has 98 valence electrons. The smallest absolute Gasteiger partial charge is 0.328 e. The molecule has 1 heterocycles. The molecule has 19 heavy (non-hydrogen) atoms. The summed E-state index contributed by atoms with van der Waals surface area (Å²) in [6.07, 6.45) is 2.57. The lowest BCUT2D eigenvalue weighted by Gasteiger charge is -2.06. The predicted molar refractivity (Wildman–Crippen MR) is 67.4 cm³/mol. The predicted octanol–water partition coefficient (Wildman–Crippen LogP) is -0.0270. The number of nitrogens with one attached hydrogen (secondary N) is 2. The highest BCUT2D eigenvalue weighted by atomic mass is 16.2. The number of aryl methyl sites for hydroxylation is 1. The highest BCUT2D eigenvalue weighted by Crippen LogP contribution is 2.02. The quantitative estimate of drug-likeness (QED) is 0.758. The van der Waals surface area contributed by atoms with Gasteiger partial charge in [0.05, 0.1) is 0 Å². The van der Waals surface area contributed by atoms with Crippen molar-refractivity contribution in [1.29, 1.82) is 0 Å². The third-order valence-electron chi connectivity index (χ3n) is 2.43. The highest BCUT2D eigenvalue weighted by molar-refractivity contribution is 6.38. The van der Waals surface area contributed by atoms with Gasteiger partial charge in [-0.3, -0.25) is 15.0 Å². The molecule has 0 unspecified atom stereocenters. The van der Waals surface area contributed by atoms with Crippen LogP contribution in [-0.4, -0.2) is 26.7 Å². The molecule has 0 bridgehead atoms. The van der Waals surface area contributed by atoms with Gasteiger partial charge in [0.15, 0.2) is 0 Å². The van der Waals surface area contributed by atoms with Gasteiger partial charge in [0.25, 0.3) is 0 Å². The number of amides is 2. The fraction of sp³-hybridized carbons (Fsp3) is 0.167. The minimum atomic E-state index is -0.771. The number of hydrogen-bond acceptors (Lipinski definition) is 4. The van der Waals surface area contributed by atoms with Crippen LogP contribution in [0, 0.1) is 6.92 Å². The molecular formula is C12H13N5O2. The summed E-state index contributed by atoms with van der Waals surface area (Å²) in [7, 11) is 0. The van der Waals surface area contributed by atoms with Crippen LogP contribution in [0.3, 0.4) is 0 Å². The summed E-state index contributed by atoms with van der Waals surface area (Å²) in [5, 5.41) is 9.53. The van der Waals surface area contributed by atoms with Crippen LogP contribution in [0.4, 0.5) is 0 Å². The molecule has 0 aliphatic carbocycles. The largest absolute Gasteiger partial charge is 0.344 e. The monoisotopic (exact) mass is 259 g/mol. The van der Waals surface area contributed by atoms with E-state index < -0.39 is 11.8 Å². The number of carbonyl (C=O) groups is 2. The van der Waals surface area contributed by atoms with E-state index in [2.05, 4.69) is 20.9 Å². The molecule has 0 atom stereocenters. The normalized spacial score (nSPS) is 9.95. The fourth-order valence-electron chi connectivity index (χ4n) is 1.40. The van der Waals surface area contributed by atoms with E-state index >= 15 is 0 Å². The van der Waals surface area contributed by atoms with Gasteiger partial charge in [-0.15, -0.1) is 10.2 Å². The van der Waals surface area contributed by atoms with Gasteiger partial charge in [-0.1, -0.05) is 29.8 Å². The number of benzene rings is 1. The highest BCUT2D eigenvalue weighted by Gasteiger charge is 2.13. The Bertz CT molecular complexity index is 562. The maximum atomic E-state index is 11.5. The molecule has 7 nitrogen and oxygen atoms in total. The van der Waals surface area contributed by atoms with E-state index in [0.717, 1.165) is 11.1 Å². The van der Waals surface area contributed by atoms with Crippen molar-refractivity contribution >= 4 is 11.8 Å². The summed E-state index contributed by atoms with van der Waals surface area (Å²) in [6.45, 7) is 2.28. The van der Waals surface area contributed by atoms with Crippen LogP contribution in [0.1, 0.15) is 11.1 Å². The molecule has 7 heteroatoms. The topological polar surface area (TPSA) is 88.9 Å². The Kier molecular flexibility index (Phi) is 3.87. The first-order valence-electron chi connectivity index (χ1n) is 5.64. The van der Waals surface area contributed by atoms with Gasteiger partial charge < -0.3 is 5.32 Å². The molecule has 0 aliphatic rings. The van der Waals surface area contributed by atoms with E-state index in [1.807, 2.05) is 31.2 Å². The van der Waals surface area contributed by atoms with Crippen LogP contribution in [0.5, 0.6) is 0 Å². The van der Waals surface area contributed by atoms with Crippen molar-refractivity contribution < 1.29 is 9.59 Å². The molecule has 2 amide bonds. The first kappa shape index (κ1) is 12.7. The number of carbonyl (C=O) groups excluding carboxylic acids is 2. The van der Waals surface area contributed by atoms with Crippen molar-refractivity contribution in [2.24, 2.45) is 0 Å². The van der Waals surface area contributed by atoms with Crippen LogP contribution in [0.25, 0.3) is 0 Å². The summed E-state index contributed by atoms with van der Waals surface area (Å²) in [6, 6.07) is 7.68. The van der Waals surface area contributed by atoms with Crippen LogP contribution in [-0.2, 0) is 16.1 Å². The Morgan fingerprint density at radius 2 is 1.74 bits per heavy atom. The molecule has 0 fully saturated rings. The minimum Gasteiger partial charge on any atom is -0.344 e. The van der Waals surface area contributed by atoms with Crippen molar-refractivity contribution in [3.05, 3.63) is 48.0 Å². The van der Waals surface area contributed by atoms with Gasteiger partial charge in [-0.2, -0.15) is 0 Å². The van der Waals surface area contributed by atoms with Crippen molar-refractivity contribution in [3.8, 4) is 0 Å². The van der Waals surface area contributed by atoms with E-state index in [1.54, 1.807) is 0 Å². The van der Waals surface area contributed by atoms with E-state index in [-0.39, 0.29) is 0 Å².